The molecule has 14 heavy (non-hydrogen) atoms. The van der Waals surface area contributed by atoms with E-state index in [-0.39, 0.29) is 5.91 Å². The highest BCUT2D eigenvalue weighted by Crippen LogP contribution is 2.14. The Balaban J connectivity index is 2.52. The molecule has 2 N–H and O–H groups in total. The van der Waals surface area contributed by atoms with Crippen LogP contribution in [0.15, 0.2) is 0 Å². The molecule has 0 atom stereocenters. The SMILES string of the molecule is CCCCC(=O)Nc1n[nH]c(C)c1C. The highest BCUT2D eigenvalue weighted by molar-refractivity contribution is 5.90. The van der Waals surface area contributed by atoms with Crippen molar-refractivity contribution < 1.29 is 4.79 Å². The van der Waals surface area contributed by atoms with Gasteiger partial charge in [-0.3, -0.25) is 9.89 Å². The van der Waals surface area contributed by atoms with Gasteiger partial charge in [-0.1, -0.05) is 13.3 Å². The Morgan fingerprint density at radius 2 is 2.21 bits per heavy atom. The van der Waals surface area contributed by atoms with Crippen LogP contribution in [0.5, 0.6) is 0 Å². The third-order valence-electron chi connectivity index (χ3n) is 2.27. The lowest BCUT2D eigenvalue weighted by Gasteiger charge is -2.01. The van der Waals surface area contributed by atoms with Crippen molar-refractivity contribution in [2.45, 2.75) is 40.0 Å². The van der Waals surface area contributed by atoms with Crippen molar-refractivity contribution in [3.8, 4) is 0 Å². The smallest absolute Gasteiger partial charge is 0.225 e. The van der Waals surface area contributed by atoms with Gasteiger partial charge in [-0.2, -0.15) is 5.10 Å². The zero-order chi connectivity index (χ0) is 10.6. The Bertz CT molecular complexity index is 317. The Morgan fingerprint density at radius 1 is 1.50 bits per heavy atom. The van der Waals surface area contributed by atoms with Crippen LogP contribution in [0.3, 0.4) is 0 Å². The molecule has 1 rings (SSSR count). The predicted octanol–water partition coefficient (Wildman–Crippen LogP) is 2.16. The van der Waals surface area contributed by atoms with Gasteiger partial charge in [0.25, 0.3) is 0 Å². The van der Waals surface area contributed by atoms with Crippen molar-refractivity contribution in [2.75, 3.05) is 5.32 Å². The van der Waals surface area contributed by atoms with Gasteiger partial charge in [0.15, 0.2) is 5.82 Å². The fourth-order valence-corrected chi connectivity index (χ4v) is 1.14. The van der Waals surface area contributed by atoms with Crippen LogP contribution in [-0.4, -0.2) is 16.1 Å². The highest BCUT2D eigenvalue weighted by Gasteiger charge is 2.08. The molecule has 1 aromatic rings. The molecule has 4 nitrogen and oxygen atoms in total. The van der Waals surface area contributed by atoms with Crippen molar-refractivity contribution in [1.29, 1.82) is 0 Å². The lowest BCUT2D eigenvalue weighted by Crippen LogP contribution is -2.12. The molecule has 78 valence electrons. The van der Waals surface area contributed by atoms with E-state index in [0.717, 1.165) is 24.1 Å². The minimum atomic E-state index is 0.0430. The molecule has 0 spiro atoms. The van der Waals surface area contributed by atoms with Gasteiger partial charge in [0.2, 0.25) is 5.91 Å². The maximum Gasteiger partial charge on any atom is 0.225 e. The number of nitrogens with one attached hydrogen (secondary N) is 2. The van der Waals surface area contributed by atoms with Gasteiger partial charge >= 0.3 is 0 Å². The van der Waals surface area contributed by atoms with Crippen molar-refractivity contribution in [3.05, 3.63) is 11.3 Å². The molecule has 0 radical (unpaired) electrons. The Hall–Kier alpha value is -1.32. The van der Waals surface area contributed by atoms with E-state index in [2.05, 4.69) is 22.4 Å². The molecule has 0 saturated carbocycles. The second kappa shape index (κ2) is 4.79. The summed E-state index contributed by atoms with van der Waals surface area (Å²) in [6, 6.07) is 0. The first-order valence-electron chi connectivity index (χ1n) is 4.96. The second-order valence-electron chi connectivity index (χ2n) is 3.47. The van der Waals surface area contributed by atoms with E-state index in [9.17, 15) is 4.79 Å². The summed E-state index contributed by atoms with van der Waals surface area (Å²) >= 11 is 0. The summed E-state index contributed by atoms with van der Waals surface area (Å²) in [7, 11) is 0. The van der Waals surface area contributed by atoms with Crippen molar-refractivity contribution >= 4 is 11.7 Å². The molecule has 1 aromatic heterocycles. The van der Waals surface area contributed by atoms with Crippen molar-refractivity contribution in [1.82, 2.24) is 10.2 Å². The molecule has 1 heterocycles. The maximum absolute atomic E-state index is 11.4. The number of aromatic nitrogens is 2. The first-order chi connectivity index (χ1) is 6.65. The van der Waals surface area contributed by atoms with E-state index in [4.69, 9.17) is 0 Å². The molecule has 0 fully saturated rings. The van der Waals surface area contributed by atoms with Gasteiger partial charge in [-0.25, -0.2) is 0 Å². The molecule has 0 aromatic carbocycles. The lowest BCUT2D eigenvalue weighted by atomic mass is 10.2. The van der Waals surface area contributed by atoms with Gasteiger partial charge in [0, 0.05) is 17.7 Å². The van der Waals surface area contributed by atoms with Gasteiger partial charge < -0.3 is 5.32 Å². The number of anilines is 1. The van der Waals surface area contributed by atoms with E-state index in [1.54, 1.807) is 0 Å². The quantitative estimate of drug-likeness (QED) is 0.773. The molecular weight excluding hydrogens is 178 g/mol. The second-order valence-corrected chi connectivity index (χ2v) is 3.47. The first kappa shape index (κ1) is 10.8. The van der Waals surface area contributed by atoms with Gasteiger partial charge in [0.1, 0.15) is 0 Å². The molecule has 0 aliphatic carbocycles. The number of hydrogen-bond acceptors (Lipinski definition) is 2. The minimum absolute atomic E-state index is 0.0430. The Labute approximate surface area is 84.1 Å². The predicted molar refractivity (Wildman–Crippen MR) is 56.2 cm³/mol. The zero-order valence-corrected chi connectivity index (χ0v) is 8.98. The van der Waals surface area contributed by atoms with Crippen molar-refractivity contribution in [2.24, 2.45) is 0 Å². The molecule has 0 bridgehead atoms. The topological polar surface area (TPSA) is 57.8 Å². The van der Waals surface area contributed by atoms with Crippen LogP contribution in [0.1, 0.15) is 37.4 Å². The molecule has 0 saturated heterocycles. The van der Waals surface area contributed by atoms with E-state index in [1.165, 1.54) is 0 Å². The van der Waals surface area contributed by atoms with Gasteiger partial charge in [-0.05, 0) is 20.3 Å². The fraction of sp³-hybridized carbons (Fsp3) is 0.600. The Morgan fingerprint density at radius 3 is 2.71 bits per heavy atom. The van der Waals surface area contributed by atoms with Crippen LogP contribution < -0.4 is 5.32 Å². The van der Waals surface area contributed by atoms with E-state index in [1.807, 2.05) is 13.8 Å². The summed E-state index contributed by atoms with van der Waals surface area (Å²) in [6.07, 6.45) is 2.53. The average Bonchev–Trinajstić information content (AvgIpc) is 2.46. The molecule has 4 heteroatoms. The Kier molecular flexibility index (Phi) is 3.68. The molecular formula is C10H17N3O. The van der Waals surface area contributed by atoms with Crippen LogP contribution in [0.4, 0.5) is 5.82 Å². The van der Waals surface area contributed by atoms with Crippen LogP contribution in [0, 0.1) is 13.8 Å². The first-order valence-corrected chi connectivity index (χ1v) is 4.96. The number of amides is 1. The fourth-order valence-electron chi connectivity index (χ4n) is 1.14. The number of rotatable bonds is 4. The largest absolute Gasteiger partial charge is 0.309 e. The van der Waals surface area contributed by atoms with Crippen molar-refractivity contribution in [3.63, 3.8) is 0 Å². The van der Waals surface area contributed by atoms with Gasteiger partial charge in [0.05, 0.1) is 0 Å². The summed E-state index contributed by atoms with van der Waals surface area (Å²) in [6.45, 7) is 5.94. The number of hydrogen-bond donors (Lipinski definition) is 2. The number of nitrogens with zero attached hydrogens (tertiary/aromatic N) is 1. The number of aromatic amines is 1. The number of H-pyrrole nitrogens is 1. The zero-order valence-electron chi connectivity index (χ0n) is 8.98. The lowest BCUT2D eigenvalue weighted by molar-refractivity contribution is -0.116. The van der Waals surface area contributed by atoms with E-state index in [0.29, 0.717) is 12.2 Å². The summed E-state index contributed by atoms with van der Waals surface area (Å²) < 4.78 is 0. The number of unbranched alkanes of at least 4 members (excludes halogenated alkanes) is 1. The number of aryl methyl sites for hydroxylation is 1. The molecule has 0 unspecified atom stereocenters. The van der Waals surface area contributed by atoms with Crippen LogP contribution >= 0.6 is 0 Å². The number of carbonyl (C=O) groups is 1. The van der Waals surface area contributed by atoms with E-state index >= 15 is 0 Å². The summed E-state index contributed by atoms with van der Waals surface area (Å²) in [4.78, 5) is 11.4. The van der Waals surface area contributed by atoms with Crippen LogP contribution in [0.2, 0.25) is 0 Å². The monoisotopic (exact) mass is 195 g/mol. The van der Waals surface area contributed by atoms with Crippen LogP contribution in [-0.2, 0) is 4.79 Å². The summed E-state index contributed by atoms with van der Waals surface area (Å²) in [5.74, 6) is 0.699. The van der Waals surface area contributed by atoms with Gasteiger partial charge in [-0.15, -0.1) is 0 Å². The normalized spacial score (nSPS) is 10.2. The number of carbonyl (C=O) groups excluding carboxylic acids is 1. The van der Waals surface area contributed by atoms with E-state index < -0.39 is 0 Å². The molecule has 0 aliphatic rings. The standard InChI is InChI=1S/C10H17N3O/c1-4-5-6-9(14)11-10-7(2)8(3)12-13-10/h4-6H2,1-3H3,(H2,11,12,13,14). The van der Waals surface area contributed by atoms with Crippen LogP contribution in [0.25, 0.3) is 0 Å². The minimum Gasteiger partial charge on any atom is -0.309 e. The average molecular weight is 195 g/mol. The molecule has 1 amide bonds. The third-order valence-corrected chi connectivity index (χ3v) is 2.27. The summed E-state index contributed by atoms with van der Waals surface area (Å²) in [5.41, 5.74) is 2.01. The molecule has 0 aliphatic heterocycles. The summed E-state index contributed by atoms with van der Waals surface area (Å²) in [5, 5.41) is 9.62. The highest BCUT2D eigenvalue weighted by atomic mass is 16.1. The maximum atomic E-state index is 11.4. The third kappa shape index (κ3) is 2.58.